The largest absolute Gasteiger partial charge is 0.360 e. The van der Waals surface area contributed by atoms with E-state index >= 15 is 0 Å². The normalized spacial score (nSPS) is 12.1. The van der Waals surface area contributed by atoms with Gasteiger partial charge in [-0.05, 0) is 44.0 Å². The minimum atomic E-state index is -0.328. The molecule has 118 valence electrons. The molecule has 0 aliphatic heterocycles. The van der Waals surface area contributed by atoms with Gasteiger partial charge in [-0.2, -0.15) is 0 Å². The fraction of sp³-hybridized carbons (Fsp3) is 0.375. The van der Waals surface area contributed by atoms with Gasteiger partial charge in [0.25, 0.3) is 0 Å². The first-order chi connectivity index (χ1) is 10.6. The van der Waals surface area contributed by atoms with Crippen molar-refractivity contribution in [3.8, 4) is 0 Å². The molecular formula is C16H20FN3O2. The maximum Gasteiger partial charge on any atom is 0.242 e. The Bertz CT molecular complexity index is 627. The molecule has 0 fully saturated rings. The molecule has 0 radical (unpaired) electrons. The number of nitrogens with one attached hydrogen (secondary N) is 2. The highest BCUT2D eigenvalue weighted by Gasteiger charge is 2.17. The molecule has 0 aliphatic rings. The average Bonchev–Trinajstić information content (AvgIpc) is 2.88. The van der Waals surface area contributed by atoms with Crippen molar-refractivity contribution >= 4 is 11.7 Å². The van der Waals surface area contributed by atoms with E-state index in [0.717, 1.165) is 5.56 Å². The third-order valence-corrected chi connectivity index (χ3v) is 3.30. The third-order valence-electron chi connectivity index (χ3n) is 3.30. The zero-order valence-corrected chi connectivity index (χ0v) is 12.7. The maximum absolute atomic E-state index is 13.1. The highest BCUT2D eigenvalue weighted by atomic mass is 19.1. The van der Waals surface area contributed by atoms with Gasteiger partial charge in [-0.1, -0.05) is 24.2 Å². The minimum Gasteiger partial charge on any atom is -0.360 e. The van der Waals surface area contributed by atoms with E-state index in [2.05, 4.69) is 15.8 Å². The molecule has 1 amide bonds. The van der Waals surface area contributed by atoms with Crippen molar-refractivity contribution in [1.82, 2.24) is 10.5 Å². The van der Waals surface area contributed by atoms with E-state index in [0.29, 0.717) is 31.0 Å². The standard InChI is InChI=1S/C16H20FN3O2/c1-3-14(16(21)19-15-9-11(2)22-20-15)18-8-7-12-5-4-6-13(17)10-12/h4-6,9-10,14,18H,3,7-8H2,1-2H3,(H,19,20,21). The van der Waals surface area contributed by atoms with Crippen LogP contribution in [-0.4, -0.2) is 23.7 Å². The van der Waals surface area contributed by atoms with Crippen molar-refractivity contribution < 1.29 is 13.7 Å². The van der Waals surface area contributed by atoms with Crippen LogP contribution in [0.5, 0.6) is 0 Å². The molecule has 5 nitrogen and oxygen atoms in total. The third kappa shape index (κ3) is 4.66. The molecule has 1 atom stereocenters. The molecule has 0 saturated carbocycles. The van der Waals surface area contributed by atoms with Crippen LogP contribution in [0, 0.1) is 12.7 Å². The Morgan fingerprint density at radius 2 is 2.23 bits per heavy atom. The molecule has 0 spiro atoms. The van der Waals surface area contributed by atoms with Crippen LogP contribution in [0.2, 0.25) is 0 Å². The second kappa shape index (κ2) is 7.70. The number of aromatic nitrogens is 1. The zero-order valence-electron chi connectivity index (χ0n) is 12.7. The highest BCUT2D eigenvalue weighted by Crippen LogP contribution is 2.08. The molecule has 1 aromatic heterocycles. The minimum absolute atomic E-state index is 0.157. The molecule has 1 heterocycles. The van der Waals surface area contributed by atoms with E-state index in [9.17, 15) is 9.18 Å². The maximum atomic E-state index is 13.1. The quantitative estimate of drug-likeness (QED) is 0.825. The summed E-state index contributed by atoms with van der Waals surface area (Å²) in [5.41, 5.74) is 0.898. The summed E-state index contributed by atoms with van der Waals surface area (Å²) in [6.45, 7) is 4.28. The van der Waals surface area contributed by atoms with E-state index in [4.69, 9.17) is 4.52 Å². The summed E-state index contributed by atoms with van der Waals surface area (Å²) < 4.78 is 18.0. The van der Waals surface area contributed by atoms with Gasteiger partial charge >= 0.3 is 0 Å². The fourth-order valence-electron chi connectivity index (χ4n) is 2.14. The molecule has 0 saturated heterocycles. The number of carbonyl (C=O) groups is 1. The van der Waals surface area contributed by atoms with Crippen LogP contribution in [0.3, 0.4) is 0 Å². The lowest BCUT2D eigenvalue weighted by atomic mass is 10.1. The summed E-state index contributed by atoms with van der Waals surface area (Å²) in [5, 5.41) is 9.61. The average molecular weight is 305 g/mol. The molecule has 22 heavy (non-hydrogen) atoms. The van der Waals surface area contributed by atoms with Crippen molar-refractivity contribution in [3.05, 3.63) is 47.5 Å². The number of amides is 1. The lowest BCUT2D eigenvalue weighted by Gasteiger charge is -2.15. The predicted octanol–water partition coefficient (Wildman–Crippen LogP) is 2.67. The molecule has 1 aromatic carbocycles. The lowest BCUT2D eigenvalue weighted by Crippen LogP contribution is -2.41. The van der Waals surface area contributed by atoms with Gasteiger partial charge in [0, 0.05) is 6.07 Å². The van der Waals surface area contributed by atoms with Gasteiger partial charge in [0.05, 0.1) is 6.04 Å². The van der Waals surface area contributed by atoms with Gasteiger partial charge in [0.15, 0.2) is 5.82 Å². The number of hydrogen-bond acceptors (Lipinski definition) is 4. The SMILES string of the molecule is CCC(NCCc1cccc(F)c1)C(=O)Nc1cc(C)on1. The predicted molar refractivity (Wildman–Crippen MR) is 82.1 cm³/mol. The van der Waals surface area contributed by atoms with Crippen LogP contribution in [0.4, 0.5) is 10.2 Å². The van der Waals surface area contributed by atoms with Crippen LogP contribution in [0.25, 0.3) is 0 Å². The van der Waals surface area contributed by atoms with Crippen molar-refractivity contribution in [2.75, 3.05) is 11.9 Å². The number of aryl methyl sites for hydroxylation is 1. The van der Waals surface area contributed by atoms with Crippen molar-refractivity contribution in [2.45, 2.75) is 32.7 Å². The number of halogens is 1. The Kier molecular flexibility index (Phi) is 5.66. The molecule has 0 aliphatic carbocycles. The van der Waals surface area contributed by atoms with Gasteiger partial charge in [0.2, 0.25) is 5.91 Å². The van der Waals surface area contributed by atoms with Gasteiger partial charge < -0.3 is 15.2 Å². The van der Waals surface area contributed by atoms with Crippen molar-refractivity contribution in [1.29, 1.82) is 0 Å². The first kappa shape index (κ1) is 16.2. The second-order valence-corrected chi connectivity index (χ2v) is 5.11. The molecule has 2 aromatic rings. The van der Waals surface area contributed by atoms with E-state index < -0.39 is 0 Å². The molecule has 6 heteroatoms. The Morgan fingerprint density at radius 3 is 2.86 bits per heavy atom. The van der Waals surface area contributed by atoms with Crippen molar-refractivity contribution in [3.63, 3.8) is 0 Å². The lowest BCUT2D eigenvalue weighted by molar-refractivity contribution is -0.118. The van der Waals surface area contributed by atoms with Crippen molar-refractivity contribution in [2.24, 2.45) is 0 Å². The summed E-state index contributed by atoms with van der Waals surface area (Å²) in [5.74, 6) is 0.647. The molecule has 2 rings (SSSR count). The summed E-state index contributed by atoms with van der Waals surface area (Å²) in [7, 11) is 0. The summed E-state index contributed by atoms with van der Waals surface area (Å²) in [4.78, 5) is 12.1. The highest BCUT2D eigenvalue weighted by molar-refractivity contribution is 5.93. The number of anilines is 1. The first-order valence-corrected chi connectivity index (χ1v) is 7.30. The van der Waals surface area contributed by atoms with Crippen LogP contribution in [-0.2, 0) is 11.2 Å². The summed E-state index contributed by atoms with van der Waals surface area (Å²) >= 11 is 0. The van der Waals surface area contributed by atoms with Crippen LogP contribution in [0.1, 0.15) is 24.7 Å². The first-order valence-electron chi connectivity index (χ1n) is 7.30. The topological polar surface area (TPSA) is 67.2 Å². The van der Waals surface area contributed by atoms with Gasteiger partial charge in [0.1, 0.15) is 11.6 Å². The van der Waals surface area contributed by atoms with Crippen LogP contribution >= 0.6 is 0 Å². The van der Waals surface area contributed by atoms with Gasteiger partial charge in [-0.25, -0.2) is 4.39 Å². The number of carbonyl (C=O) groups excluding carboxylic acids is 1. The van der Waals surface area contributed by atoms with E-state index in [-0.39, 0.29) is 17.8 Å². The number of rotatable bonds is 7. The Hall–Kier alpha value is -2.21. The monoisotopic (exact) mass is 305 g/mol. The van der Waals surface area contributed by atoms with E-state index in [1.54, 1.807) is 19.1 Å². The molecule has 2 N–H and O–H groups in total. The Morgan fingerprint density at radius 1 is 1.41 bits per heavy atom. The smallest absolute Gasteiger partial charge is 0.242 e. The summed E-state index contributed by atoms with van der Waals surface area (Å²) in [6, 6.07) is 7.80. The Balaban J connectivity index is 1.82. The van der Waals surface area contributed by atoms with Gasteiger partial charge in [-0.15, -0.1) is 0 Å². The molecule has 1 unspecified atom stereocenters. The number of nitrogens with zero attached hydrogens (tertiary/aromatic N) is 1. The van der Waals surface area contributed by atoms with Crippen LogP contribution in [0.15, 0.2) is 34.9 Å². The second-order valence-electron chi connectivity index (χ2n) is 5.11. The van der Waals surface area contributed by atoms with Gasteiger partial charge in [-0.3, -0.25) is 4.79 Å². The summed E-state index contributed by atoms with van der Waals surface area (Å²) in [6.07, 6.45) is 1.30. The number of hydrogen-bond donors (Lipinski definition) is 2. The zero-order chi connectivity index (χ0) is 15.9. The number of benzene rings is 1. The Labute approximate surface area is 128 Å². The van der Waals surface area contributed by atoms with E-state index in [1.807, 2.05) is 13.0 Å². The molecular weight excluding hydrogens is 285 g/mol. The molecule has 0 bridgehead atoms. The van der Waals surface area contributed by atoms with Crippen LogP contribution < -0.4 is 10.6 Å². The van der Waals surface area contributed by atoms with E-state index in [1.165, 1.54) is 12.1 Å². The fourth-order valence-corrected chi connectivity index (χ4v) is 2.14.